The predicted octanol–water partition coefficient (Wildman–Crippen LogP) is 3.99. The van der Waals surface area contributed by atoms with Gasteiger partial charge in [0.25, 0.3) is 0 Å². The maximum Gasteiger partial charge on any atom is 0.123 e. The molecule has 0 aliphatic heterocycles. The van der Waals surface area contributed by atoms with Crippen molar-refractivity contribution in [3.63, 3.8) is 0 Å². The molecular formula is C14H13BrClFN2. The van der Waals surface area contributed by atoms with Crippen LogP contribution in [0.15, 0.2) is 46.9 Å². The van der Waals surface area contributed by atoms with Gasteiger partial charge in [0.15, 0.2) is 0 Å². The van der Waals surface area contributed by atoms with Gasteiger partial charge in [0.05, 0.1) is 6.04 Å². The molecule has 5 heteroatoms. The molecule has 0 saturated carbocycles. The van der Waals surface area contributed by atoms with Crippen LogP contribution < -0.4 is 11.3 Å². The van der Waals surface area contributed by atoms with Gasteiger partial charge in [0, 0.05) is 9.50 Å². The van der Waals surface area contributed by atoms with Gasteiger partial charge in [-0.3, -0.25) is 11.3 Å². The molecule has 1 atom stereocenters. The topological polar surface area (TPSA) is 38.0 Å². The molecule has 0 amide bonds. The summed E-state index contributed by atoms with van der Waals surface area (Å²) in [5.74, 6) is 5.29. The number of hydrogen-bond donors (Lipinski definition) is 2. The zero-order chi connectivity index (χ0) is 13.8. The van der Waals surface area contributed by atoms with Crippen LogP contribution >= 0.6 is 27.5 Å². The quantitative estimate of drug-likeness (QED) is 0.651. The smallest absolute Gasteiger partial charge is 0.123 e. The molecule has 0 saturated heterocycles. The molecule has 2 rings (SSSR count). The summed E-state index contributed by atoms with van der Waals surface area (Å²) < 4.78 is 14.2. The minimum absolute atomic E-state index is 0.128. The van der Waals surface area contributed by atoms with Crippen molar-refractivity contribution >= 4 is 27.5 Å². The lowest BCUT2D eigenvalue weighted by molar-refractivity contribution is 0.548. The van der Waals surface area contributed by atoms with Gasteiger partial charge in [-0.25, -0.2) is 4.39 Å². The number of hydrogen-bond acceptors (Lipinski definition) is 2. The van der Waals surface area contributed by atoms with Crippen molar-refractivity contribution in [1.82, 2.24) is 5.43 Å². The molecule has 1 unspecified atom stereocenters. The highest BCUT2D eigenvalue weighted by Crippen LogP contribution is 2.25. The normalized spacial score (nSPS) is 12.4. The number of rotatable bonds is 4. The van der Waals surface area contributed by atoms with Crippen LogP contribution in [0.2, 0.25) is 5.02 Å². The van der Waals surface area contributed by atoms with Crippen molar-refractivity contribution in [2.75, 3.05) is 0 Å². The van der Waals surface area contributed by atoms with Crippen molar-refractivity contribution < 1.29 is 4.39 Å². The summed E-state index contributed by atoms with van der Waals surface area (Å²) in [6.07, 6.45) is 0.517. The standard InChI is InChI=1S/C14H13BrClFN2/c15-11-3-1-2-9(6-11)14(19-18)8-10-7-12(17)4-5-13(10)16/h1-7,14,19H,8,18H2. The summed E-state index contributed by atoms with van der Waals surface area (Å²) in [4.78, 5) is 0. The number of benzene rings is 2. The Morgan fingerprint density at radius 2 is 2.05 bits per heavy atom. The van der Waals surface area contributed by atoms with E-state index in [0.717, 1.165) is 15.6 Å². The molecule has 0 bridgehead atoms. The Morgan fingerprint density at radius 3 is 2.74 bits per heavy atom. The molecule has 0 spiro atoms. The van der Waals surface area contributed by atoms with Crippen molar-refractivity contribution in [2.45, 2.75) is 12.5 Å². The van der Waals surface area contributed by atoms with E-state index >= 15 is 0 Å². The second-order valence-electron chi connectivity index (χ2n) is 4.21. The minimum Gasteiger partial charge on any atom is -0.271 e. The lowest BCUT2D eigenvalue weighted by Crippen LogP contribution is -2.29. The fraction of sp³-hybridized carbons (Fsp3) is 0.143. The van der Waals surface area contributed by atoms with E-state index in [1.807, 2.05) is 24.3 Å². The number of hydrazine groups is 1. The van der Waals surface area contributed by atoms with Gasteiger partial charge in [-0.2, -0.15) is 0 Å². The molecule has 0 aromatic heterocycles. The molecule has 2 aromatic carbocycles. The molecule has 100 valence electrons. The monoisotopic (exact) mass is 342 g/mol. The summed E-state index contributed by atoms with van der Waals surface area (Å²) in [5, 5.41) is 0.539. The first kappa shape index (κ1) is 14.5. The molecule has 2 aromatic rings. The lowest BCUT2D eigenvalue weighted by Gasteiger charge is -2.17. The highest BCUT2D eigenvalue weighted by molar-refractivity contribution is 9.10. The fourth-order valence-electron chi connectivity index (χ4n) is 1.92. The fourth-order valence-corrected chi connectivity index (χ4v) is 2.53. The minimum atomic E-state index is -0.301. The highest BCUT2D eigenvalue weighted by atomic mass is 79.9. The number of halogens is 3. The van der Waals surface area contributed by atoms with E-state index in [4.69, 9.17) is 17.4 Å². The average Bonchev–Trinajstić information content (AvgIpc) is 2.39. The molecule has 0 heterocycles. The Hall–Kier alpha value is -0.940. The van der Waals surface area contributed by atoms with Gasteiger partial charge in [0.2, 0.25) is 0 Å². The summed E-state index contributed by atoms with van der Waals surface area (Å²) in [5.41, 5.74) is 4.48. The first-order valence-electron chi connectivity index (χ1n) is 5.75. The van der Waals surface area contributed by atoms with Gasteiger partial charge in [-0.05, 0) is 47.9 Å². The Labute approximate surface area is 124 Å². The summed E-state index contributed by atoms with van der Waals surface area (Å²) in [7, 11) is 0. The Kier molecular flexibility index (Phi) is 4.93. The Bertz CT molecular complexity index is 577. The van der Waals surface area contributed by atoms with Crippen LogP contribution in [0.5, 0.6) is 0 Å². The van der Waals surface area contributed by atoms with Crippen LogP contribution in [-0.4, -0.2) is 0 Å². The van der Waals surface area contributed by atoms with E-state index < -0.39 is 0 Å². The van der Waals surface area contributed by atoms with Gasteiger partial charge in [0.1, 0.15) is 5.82 Å². The summed E-state index contributed by atoms with van der Waals surface area (Å²) >= 11 is 9.49. The highest BCUT2D eigenvalue weighted by Gasteiger charge is 2.13. The number of nitrogens with one attached hydrogen (secondary N) is 1. The third-order valence-corrected chi connectivity index (χ3v) is 3.75. The summed E-state index contributed by atoms with van der Waals surface area (Å²) in [6.45, 7) is 0. The number of nitrogens with two attached hydrogens (primary N) is 1. The van der Waals surface area contributed by atoms with E-state index in [2.05, 4.69) is 21.4 Å². The second-order valence-corrected chi connectivity index (χ2v) is 5.54. The van der Waals surface area contributed by atoms with Crippen LogP contribution in [0.3, 0.4) is 0 Å². The van der Waals surface area contributed by atoms with Crippen molar-refractivity contribution in [1.29, 1.82) is 0 Å². The zero-order valence-electron chi connectivity index (χ0n) is 10.0. The maximum absolute atomic E-state index is 13.3. The van der Waals surface area contributed by atoms with E-state index in [9.17, 15) is 4.39 Å². The maximum atomic E-state index is 13.3. The first-order chi connectivity index (χ1) is 9.10. The van der Waals surface area contributed by atoms with Crippen LogP contribution in [0.25, 0.3) is 0 Å². The SMILES string of the molecule is NNC(Cc1cc(F)ccc1Cl)c1cccc(Br)c1. The van der Waals surface area contributed by atoms with Gasteiger partial charge < -0.3 is 0 Å². The van der Waals surface area contributed by atoms with Crippen molar-refractivity contribution in [2.24, 2.45) is 5.84 Å². The van der Waals surface area contributed by atoms with E-state index in [0.29, 0.717) is 11.4 Å². The van der Waals surface area contributed by atoms with Crippen molar-refractivity contribution in [3.05, 3.63) is 68.9 Å². The van der Waals surface area contributed by atoms with Crippen LogP contribution in [0, 0.1) is 5.82 Å². The molecular weight excluding hydrogens is 331 g/mol. The summed E-state index contributed by atoms with van der Waals surface area (Å²) in [6, 6.07) is 12.0. The molecule has 3 N–H and O–H groups in total. The Morgan fingerprint density at radius 1 is 1.26 bits per heavy atom. The molecule has 0 aliphatic rings. The first-order valence-corrected chi connectivity index (χ1v) is 6.93. The van der Waals surface area contributed by atoms with Crippen LogP contribution in [-0.2, 0) is 6.42 Å². The molecule has 0 aliphatic carbocycles. The molecule has 19 heavy (non-hydrogen) atoms. The third kappa shape index (κ3) is 3.76. The third-order valence-electron chi connectivity index (χ3n) is 2.88. The molecule has 0 radical (unpaired) electrons. The van der Waals surface area contributed by atoms with Gasteiger partial charge in [-0.1, -0.05) is 39.7 Å². The van der Waals surface area contributed by atoms with Gasteiger partial charge in [-0.15, -0.1) is 0 Å². The van der Waals surface area contributed by atoms with Crippen molar-refractivity contribution in [3.8, 4) is 0 Å². The molecule has 0 fully saturated rings. The van der Waals surface area contributed by atoms with Gasteiger partial charge >= 0.3 is 0 Å². The van der Waals surface area contributed by atoms with E-state index in [1.54, 1.807) is 6.07 Å². The van der Waals surface area contributed by atoms with E-state index in [-0.39, 0.29) is 11.9 Å². The Balaban J connectivity index is 2.26. The average molecular weight is 344 g/mol. The van der Waals surface area contributed by atoms with Crippen LogP contribution in [0.1, 0.15) is 17.2 Å². The van der Waals surface area contributed by atoms with Crippen LogP contribution in [0.4, 0.5) is 4.39 Å². The lowest BCUT2D eigenvalue weighted by atomic mass is 9.99. The van der Waals surface area contributed by atoms with E-state index in [1.165, 1.54) is 12.1 Å². The largest absolute Gasteiger partial charge is 0.271 e. The molecule has 2 nitrogen and oxygen atoms in total. The second kappa shape index (κ2) is 6.48. The zero-order valence-corrected chi connectivity index (χ0v) is 12.4. The predicted molar refractivity (Wildman–Crippen MR) is 79.3 cm³/mol.